The van der Waals surface area contributed by atoms with E-state index in [0.29, 0.717) is 18.6 Å². The van der Waals surface area contributed by atoms with E-state index in [-0.39, 0.29) is 12.1 Å². The van der Waals surface area contributed by atoms with Gasteiger partial charge in [-0.2, -0.15) is 13.2 Å². The van der Waals surface area contributed by atoms with Gasteiger partial charge in [0.2, 0.25) is 5.69 Å². The van der Waals surface area contributed by atoms with Gasteiger partial charge in [0, 0.05) is 17.8 Å². The van der Waals surface area contributed by atoms with Crippen molar-refractivity contribution in [1.29, 1.82) is 0 Å². The van der Waals surface area contributed by atoms with Gasteiger partial charge in [-0.1, -0.05) is 6.08 Å². The quantitative estimate of drug-likeness (QED) is 0.608. The molecule has 2 rings (SSSR count). The highest BCUT2D eigenvalue weighted by atomic mass is 19.4. The normalized spacial score (nSPS) is 16.6. The first kappa shape index (κ1) is 16.6. The molecule has 1 aliphatic carbocycles. The number of allylic oxidation sites excluding steroid dienone is 2. The topological polar surface area (TPSA) is 98.6 Å². The van der Waals surface area contributed by atoms with E-state index in [2.05, 4.69) is 4.99 Å². The van der Waals surface area contributed by atoms with Crippen molar-refractivity contribution in [2.75, 3.05) is 0 Å². The highest BCUT2D eigenvalue weighted by molar-refractivity contribution is 5.98. The molecule has 1 aromatic rings. The van der Waals surface area contributed by atoms with Gasteiger partial charge >= 0.3 is 17.6 Å². The van der Waals surface area contributed by atoms with E-state index in [1.54, 1.807) is 12.2 Å². The molecule has 0 N–H and O–H groups in total. The van der Waals surface area contributed by atoms with Crippen molar-refractivity contribution in [3.8, 4) is 0 Å². The second-order valence-electron chi connectivity index (χ2n) is 4.77. The summed E-state index contributed by atoms with van der Waals surface area (Å²) in [4.78, 5) is 23.7. The Kier molecular flexibility index (Phi) is 4.43. The first-order valence-corrected chi connectivity index (χ1v) is 6.48. The lowest BCUT2D eigenvalue weighted by Gasteiger charge is -2.09. The molecular weight excluding hydrogens is 319 g/mol. The number of benzene rings is 1. The van der Waals surface area contributed by atoms with E-state index >= 15 is 0 Å². The summed E-state index contributed by atoms with van der Waals surface area (Å²) in [6.07, 6.45) is 0.268. The molecule has 1 aromatic carbocycles. The summed E-state index contributed by atoms with van der Waals surface area (Å²) in [5, 5.41) is 22.1. The molecule has 0 aromatic heterocycles. The molecule has 0 radical (unpaired) electrons. The third-order valence-corrected chi connectivity index (χ3v) is 3.16. The van der Waals surface area contributed by atoms with Gasteiger partial charge in [0.1, 0.15) is 0 Å². The van der Waals surface area contributed by atoms with Crippen molar-refractivity contribution in [3.63, 3.8) is 0 Å². The Labute approximate surface area is 127 Å². The van der Waals surface area contributed by atoms with E-state index in [1.807, 2.05) is 0 Å². The minimum absolute atomic E-state index is 0.263. The fraction of sp³-hybridized carbons (Fsp3) is 0.308. The number of nitrogens with zero attached hydrogens (tertiary/aromatic N) is 3. The SMILES string of the molecule is O=[N+]([O-])c1cc(C(F)(F)F)cc([N+](=O)[O-])c1N=C1C=CCCC1. The summed E-state index contributed by atoms with van der Waals surface area (Å²) in [6, 6.07) is 0.526. The number of hydrogen-bond donors (Lipinski definition) is 0. The van der Waals surface area contributed by atoms with Crippen molar-refractivity contribution in [2.24, 2.45) is 4.99 Å². The number of rotatable bonds is 3. The summed E-state index contributed by atoms with van der Waals surface area (Å²) >= 11 is 0. The molecule has 0 aliphatic heterocycles. The Hall–Kier alpha value is -2.78. The van der Waals surface area contributed by atoms with Crippen LogP contribution in [-0.4, -0.2) is 15.6 Å². The minimum Gasteiger partial charge on any atom is -0.258 e. The van der Waals surface area contributed by atoms with E-state index < -0.39 is 38.6 Å². The highest BCUT2D eigenvalue weighted by Gasteiger charge is 2.37. The van der Waals surface area contributed by atoms with Crippen LogP contribution in [0.25, 0.3) is 0 Å². The summed E-state index contributed by atoms with van der Waals surface area (Å²) < 4.78 is 38.3. The van der Waals surface area contributed by atoms with Crippen LogP contribution in [0.4, 0.5) is 30.2 Å². The highest BCUT2D eigenvalue weighted by Crippen LogP contribution is 2.43. The Morgan fingerprint density at radius 2 is 1.65 bits per heavy atom. The van der Waals surface area contributed by atoms with Crippen molar-refractivity contribution < 1.29 is 23.0 Å². The number of alkyl halides is 3. The van der Waals surface area contributed by atoms with E-state index in [1.165, 1.54) is 0 Å². The van der Waals surface area contributed by atoms with E-state index in [4.69, 9.17) is 0 Å². The lowest BCUT2D eigenvalue weighted by atomic mass is 10.1. The molecular formula is C13H10F3N3O4. The second-order valence-corrected chi connectivity index (χ2v) is 4.77. The van der Waals surface area contributed by atoms with Crippen LogP contribution in [0.5, 0.6) is 0 Å². The average Bonchev–Trinajstić information content (AvgIpc) is 2.46. The van der Waals surface area contributed by atoms with Gasteiger partial charge < -0.3 is 0 Å². The molecule has 0 heterocycles. The van der Waals surface area contributed by atoms with Crippen molar-refractivity contribution in [3.05, 3.63) is 50.1 Å². The van der Waals surface area contributed by atoms with E-state index in [9.17, 15) is 33.4 Å². The zero-order valence-electron chi connectivity index (χ0n) is 11.5. The molecule has 0 spiro atoms. The monoisotopic (exact) mass is 329 g/mol. The molecule has 0 saturated carbocycles. The first-order valence-electron chi connectivity index (χ1n) is 6.48. The number of aliphatic imine (C=N–C) groups is 1. The molecule has 1 aliphatic rings. The van der Waals surface area contributed by atoms with Crippen molar-refractivity contribution in [1.82, 2.24) is 0 Å². The Morgan fingerprint density at radius 3 is 2.04 bits per heavy atom. The van der Waals surface area contributed by atoms with E-state index in [0.717, 1.165) is 6.42 Å². The van der Waals surface area contributed by atoms with Gasteiger partial charge in [0.05, 0.1) is 15.4 Å². The molecule has 7 nitrogen and oxygen atoms in total. The van der Waals surface area contributed by atoms with Gasteiger partial charge in [-0.25, -0.2) is 4.99 Å². The fourth-order valence-electron chi connectivity index (χ4n) is 2.10. The lowest BCUT2D eigenvalue weighted by Crippen LogP contribution is -2.08. The maximum atomic E-state index is 12.8. The molecule has 23 heavy (non-hydrogen) atoms. The third-order valence-electron chi connectivity index (χ3n) is 3.16. The van der Waals surface area contributed by atoms with Gasteiger partial charge in [0.25, 0.3) is 0 Å². The molecule has 0 unspecified atom stereocenters. The fourth-order valence-corrected chi connectivity index (χ4v) is 2.10. The molecule has 0 bridgehead atoms. The summed E-state index contributed by atoms with van der Waals surface area (Å²) in [5.41, 5.74) is -3.87. The zero-order chi connectivity index (χ0) is 17.2. The number of hydrogen-bond acceptors (Lipinski definition) is 5. The summed E-state index contributed by atoms with van der Waals surface area (Å²) in [7, 11) is 0. The number of halogens is 3. The van der Waals surface area contributed by atoms with Gasteiger partial charge in [0.15, 0.2) is 0 Å². The van der Waals surface area contributed by atoms with Crippen LogP contribution in [0.2, 0.25) is 0 Å². The summed E-state index contributed by atoms with van der Waals surface area (Å²) in [5.74, 6) is 0. The summed E-state index contributed by atoms with van der Waals surface area (Å²) in [6.45, 7) is 0. The predicted molar refractivity (Wildman–Crippen MR) is 74.8 cm³/mol. The van der Waals surface area contributed by atoms with Crippen LogP contribution in [0, 0.1) is 20.2 Å². The van der Waals surface area contributed by atoms with Crippen LogP contribution in [0.15, 0.2) is 29.3 Å². The van der Waals surface area contributed by atoms with Crippen molar-refractivity contribution >= 4 is 22.8 Å². The van der Waals surface area contributed by atoms with Crippen molar-refractivity contribution in [2.45, 2.75) is 25.4 Å². The first-order chi connectivity index (χ1) is 10.7. The largest absolute Gasteiger partial charge is 0.416 e. The Morgan fingerprint density at radius 1 is 1.09 bits per heavy atom. The maximum Gasteiger partial charge on any atom is 0.416 e. The van der Waals surface area contributed by atoms with Gasteiger partial charge in [-0.05, 0) is 25.3 Å². The average molecular weight is 329 g/mol. The lowest BCUT2D eigenvalue weighted by molar-refractivity contribution is -0.392. The van der Waals surface area contributed by atoms with Crippen LogP contribution in [0.1, 0.15) is 24.8 Å². The van der Waals surface area contributed by atoms with Crippen LogP contribution >= 0.6 is 0 Å². The molecule has 0 amide bonds. The molecule has 10 heteroatoms. The van der Waals surface area contributed by atoms with Crippen LogP contribution < -0.4 is 0 Å². The number of nitro benzene ring substituents is 2. The third kappa shape index (κ3) is 3.71. The molecule has 0 atom stereocenters. The Bertz CT molecular complexity index is 691. The molecule has 0 saturated heterocycles. The van der Waals surface area contributed by atoms with Crippen LogP contribution in [0.3, 0.4) is 0 Å². The molecule has 0 fully saturated rings. The molecule has 122 valence electrons. The van der Waals surface area contributed by atoms with Crippen LogP contribution in [-0.2, 0) is 6.18 Å². The maximum absolute atomic E-state index is 12.8. The number of nitro groups is 2. The Balaban J connectivity index is 2.72. The zero-order valence-corrected chi connectivity index (χ0v) is 11.5. The smallest absolute Gasteiger partial charge is 0.258 e. The van der Waals surface area contributed by atoms with Gasteiger partial charge in [-0.3, -0.25) is 20.2 Å². The van der Waals surface area contributed by atoms with Gasteiger partial charge in [-0.15, -0.1) is 0 Å². The minimum atomic E-state index is -4.94. The predicted octanol–water partition coefficient (Wildman–Crippen LogP) is 4.33. The second kappa shape index (κ2) is 6.15. The standard InChI is InChI=1S/C13H10F3N3O4/c14-13(15,16)8-6-10(18(20)21)12(11(7-8)19(22)23)17-9-4-2-1-3-5-9/h2,4,6-7H,1,3,5H2.